The Hall–Kier alpha value is -0.0800. The van der Waals surface area contributed by atoms with Crippen LogP contribution in [0.1, 0.15) is 45.4 Å². The fourth-order valence-electron chi connectivity index (χ4n) is 4.08. The number of rotatable bonds is 3. The van der Waals surface area contributed by atoms with Crippen LogP contribution in [-0.2, 0) is 4.74 Å². The topological polar surface area (TPSA) is 21.3 Å². The summed E-state index contributed by atoms with van der Waals surface area (Å²) in [5, 5.41) is 3.80. The Morgan fingerprint density at radius 2 is 2.25 bits per heavy atom. The maximum atomic E-state index is 5.60. The third-order valence-electron chi connectivity index (χ3n) is 5.11. The molecule has 2 heteroatoms. The number of fused-ring (bicyclic) bond motifs is 2. The minimum absolute atomic E-state index is 0.264. The molecule has 2 aliphatic carbocycles. The van der Waals surface area contributed by atoms with Crippen molar-refractivity contribution in [3.8, 4) is 0 Å². The molecule has 16 heavy (non-hydrogen) atoms. The van der Waals surface area contributed by atoms with Gasteiger partial charge in [-0.15, -0.1) is 0 Å². The van der Waals surface area contributed by atoms with Crippen LogP contribution < -0.4 is 5.32 Å². The van der Waals surface area contributed by atoms with E-state index in [0.29, 0.717) is 0 Å². The van der Waals surface area contributed by atoms with E-state index in [2.05, 4.69) is 12.2 Å². The van der Waals surface area contributed by atoms with Crippen molar-refractivity contribution < 1.29 is 4.74 Å². The summed E-state index contributed by atoms with van der Waals surface area (Å²) in [6.45, 7) is 5.44. The Labute approximate surface area is 99.1 Å². The van der Waals surface area contributed by atoms with Gasteiger partial charge in [-0.2, -0.15) is 0 Å². The molecule has 1 saturated heterocycles. The molecule has 0 aromatic carbocycles. The van der Waals surface area contributed by atoms with Gasteiger partial charge in [0, 0.05) is 12.1 Å². The molecule has 1 N–H and O–H groups in total. The first-order valence-electron chi connectivity index (χ1n) is 7.08. The van der Waals surface area contributed by atoms with Crippen molar-refractivity contribution in [2.45, 2.75) is 51.0 Å². The molecule has 2 saturated carbocycles. The summed E-state index contributed by atoms with van der Waals surface area (Å²) in [6, 6.07) is 0. The second-order valence-corrected chi connectivity index (χ2v) is 6.53. The van der Waals surface area contributed by atoms with Crippen LogP contribution in [0.2, 0.25) is 0 Å². The number of hydrogen-bond acceptors (Lipinski definition) is 2. The summed E-state index contributed by atoms with van der Waals surface area (Å²) in [5.74, 6) is 3.09. The molecular formula is C14H25NO. The first-order valence-corrected chi connectivity index (χ1v) is 7.08. The van der Waals surface area contributed by atoms with Crippen molar-refractivity contribution in [2.75, 3.05) is 19.8 Å². The van der Waals surface area contributed by atoms with Crippen LogP contribution >= 0.6 is 0 Å². The molecule has 0 radical (unpaired) electrons. The van der Waals surface area contributed by atoms with Crippen molar-refractivity contribution in [3.05, 3.63) is 0 Å². The van der Waals surface area contributed by atoms with Crippen molar-refractivity contribution in [2.24, 2.45) is 17.8 Å². The lowest BCUT2D eigenvalue weighted by Crippen LogP contribution is -2.50. The molecule has 0 spiro atoms. The molecule has 2 bridgehead atoms. The van der Waals surface area contributed by atoms with Gasteiger partial charge in [-0.25, -0.2) is 0 Å². The first-order chi connectivity index (χ1) is 7.75. The normalized spacial score (nSPS) is 47.4. The van der Waals surface area contributed by atoms with E-state index in [9.17, 15) is 0 Å². The third kappa shape index (κ3) is 2.14. The highest BCUT2D eigenvalue weighted by molar-refractivity contribution is 4.93. The van der Waals surface area contributed by atoms with E-state index in [4.69, 9.17) is 4.74 Å². The van der Waals surface area contributed by atoms with E-state index in [-0.39, 0.29) is 5.54 Å². The molecule has 4 unspecified atom stereocenters. The molecule has 1 aliphatic heterocycles. The van der Waals surface area contributed by atoms with E-state index < -0.39 is 0 Å². The molecule has 0 aromatic rings. The first kappa shape index (κ1) is 11.0. The molecular weight excluding hydrogens is 198 g/mol. The fourth-order valence-corrected chi connectivity index (χ4v) is 4.08. The monoisotopic (exact) mass is 223 g/mol. The van der Waals surface area contributed by atoms with E-state index in [1.807, 2.05) is 0 Å². The molecule has 0 amide bonds. The minimum atomic E-state index is 0.264. The molecule has 4 atom stereocenters. The van der Waals surface area contributed by atoms with Gasteiger partial charge < -0.3 is 10.1 Å². The van der Waals surface area contributed by atoms with Gasteiger partial charge >= 0.3 is 0 Å². The zero-order chi connectivity index (χ0) is 11.0. The van der Waals surface area contributed by atoms with Crippen molar-refractivity contribution in [1.82, 2.24) is 5.32 Å². The quantitative estimate of drug-likeness (QED) is 0.794. The standard InChI is InChI=1S/C14H25NO/c1-14(5-2-6-16-10-14)15-9-13-8-11-3-4-12(13)7-11/h11-13,15H,2-10H2,1H3. The Bertz CT molecular complexity index is 247. The van der Waals surface area contributed by atoms with Gasteiger partial charge in [0.05, 0.1) is 6.61 Å². The highest BCUT2D eigenvalue weighted by atomic mass is 16.5. The van der Waals surface area contributed by atoms with E-state index in [0.717, 1.165) is 31.0 Å². The van der Waals surface area contributed by atoms with Crippen molar-refractivity contribution in [3.63, 3.8) is 0 Å². The van der Waals surface area contributed by atoms with Gasteiger partial charge in [0.1, 0.15) is 0 Å². The highest BCUT2D eigenvalue weighted by Gasteiger charge is 2.40. The predicted molar refractivity (Wildman–Crippen MR) is 65.4 cm³/mol. The summed E-state index contributed by atoms with van der Waals surface area (Å²) in [4.78, 5) is 0. The van der Waals surface area contributed by atoms with Gasteiger partial charge in [-0.3, -0.25) is 0 Å². The zero-order valence-corrected chi connectivity index (χ0v) is 10.5. The lowest BCUT2D eigenvalue weighted by Gasteiger charge is -2.36. The van der Waals surface area contributed by atoms with Crippen molar-refractivity contribution >= 4 is 0 Å². The van der Waals surface area contributed by atoms with Crippen LogP contribution in [0, 0.1) is 17.8 Å². The van der Waals surface area contributed by atoms with Gasteiger partial charge in [-0.05, 0) is 63.3 Å². The van der Waals surface area contributed by atoms with Crippen LogP contribution in [0.4, 0.5) is 0 Å². The average Bonchev–Trinajstić information content (AvgIpc) is 2.89. The Morgan fingerprint density at radius 1 is 1.31 bits per heavy atom. The average molecular weight is 223 g/mol. The number of ether oxygens (including phenoxy) is 1. The van der Waals surface area contributed by atoms with Gasteiger partial charge in [0.25, 0.3) is 0 Å². The SMILES string of the molecule is CC1(NCC2CC3CCC2C3)CCCOC1. The van der Waals surface area contributed by atoms with E-state index >= 15 is 0 Å². The number of hydrogen-bond donors (Lipinski definition) is 1. The summed E-state index contributed by atoms with van der Waals surface area (Å²) in [6.07, 6.45) is 8.55. The van der Waals surface area contributed by atoms with Crippen LogP contribution in [0.15, 0.2) is 0 Å². The van der Waals surface area contributed by atoms with E-state index in [1.54, 1.807) is 0 Å². The summed E-state index contributed by atoms with van der Waals surface area (Å²) in [5.41, 5.74) is 0.264. The molecule has 3 fully saturated rings. The zero-order valence-electron chi connectivity index (χ0n) is 10.5. The Kier molecular flexibility index (Phi) is 2.97. The maximum Gasteiger partial charge on any atom is 0.0645 e. The second kappa shape index (κ2) is 4.30. The Morgan fingerprint density at radius 3 is 2.88 bits per heavy atom. The van der Waals surface area contributed by atoms with Crippen LogP contribution in [0.5, 0.6) is 0 Å². The van der Waals surface area contributed by atoms with Crippen LogP contribution in [0.3, 0.4) is 0 Å². The Balaban J connectivity index is 1.49. The third-order valence-corrected chi connectivity index (χ3v) is 5.11. The second-order valence-electron chi connectivity index (χ2n) is 6.53. The predicted octanol–water partition coefficient (Wildman–Crippen LogP) is 2.58. The minimum Gasteiger partial charge on any atom is -0.380 e. The summed E-state index contributed by atoms with van der Waals surface area (Å²) in [7, 11) is 0. The lowest BCUT2D eigenvalue weighted by atomic mass is 9.87. The molecule has 92 valence electrons. The lowest BCUT2D eigenvalue weighted by molar-refractivity contribution is 0.0257. The highest BCUT2D eigenvalue weighted by Crippen LogP contribution is 2.48. The van der Waals surface area contributed by atoms with E-state index in [1.165, 1.54) is 45.1 Å². The molecule has 3 rings (SSSR count). The van der Waals surface area contributed by atoms with Gasteiger partial charge in [0.2, 0.25) is 0 Å². The molecule has 0 aromatic heterocycles. The van der Waals surface area contributed by atoms with Crippen LogP contribution in [-0.4, -0.2) is 25.3 Å². The smallest absolute Gasteiger partial charge is 0.0645 e. The molecule has 2 nitrogen and oxygen atoms in total. The molecule has 1 heterocycles. The summed E-state index contributed by atoms with van der Waals surface area (Å²) >= 11 is 0. The number of nitrogens with one attached hydrogen (secondary N) is 1. The van der Waals surface area contributed by atoms with Crippen LogP contribution in [0.25, 0.3) is 0 Å². The maximum absolute atomic E-state index is 5.60. The van der Waals surface area contributed by atoms with Gasteiger partial charge in [0.15, 0.2) is 0 Å². The van der Waals surface area contributed by atoms with Gasteiger partial charge in [-0.1, -0.05) is 6.42 Å². The fraction of sp³-hybridized carbons (Fsp3) is 1.00. The summed E-state index contributed by atoms with van der Waals surface area (Å²) < 4.78 is 5.60. The van der Waals surface area contributed by atoms with Crippen molar-refractivity contribution in [1.29, 1.82) is 0 Å². The largest absolute Gasteiger partial charge is 0.380 e. The molecule has 3 aliphatic rings.